The summed E-state index contributed by atoms with van der Waals surface area (Å²) < 4.78 is 15.2. The van der Waals surface area contributed by atoms with Gasteiger partial charge in [0.15, 0.2) is 18.1 Å². The van der Waals surface area contributed by atoms with Crippen LogP contribution in [0, 0.1) is 10.1 Å². The van der Waals surface area contributed by atoms with E-state index in [1.54, 1.807) is 12.1 Å². The number of halogens is 1. The van der Waals surface area contributed by atoms with Crippen molar-refractivity contribution in [2.45, 2.75) is 6.42 Å². The van der Waals surface area contributed by atoms with Crippen LogP contribution in [0.5, 0.6) is 11.5 Å². The van der Waals surface area contributed by atoms with Crippen molar-refractivity contribution >= 4 is 35.1 Å². The van der Waals surface area contributed by atoms with Gasteiger partial charge in [-0.2, -0.15) is 0 Å². The molecule has 33 heavy (non-hydrogen) atoms. The first-order valence-corrected chi connectivity index (χ1v) is 9.98. The van der Waals surface area contributed by atoms with Crippen molar-refractivity contribution in [3.63, 3.8) is 0 Å². The van der Waals surface area contributed by atoms with Crippen LogP contribution in [0.25, 0.3) is 0 Å². The largest absolute Gasteiger partial charge is 0.493 e. The predicted molar refractivity (Wildman–Crippen MR) is 118 cm³/mol. The van der Waals surface area contributed by atoms with E-state index in [9.17, 15) is 24.5 Å². The van der Waals surface area contributed by atoms with E-state index in [2.05, 4.69) is 10.6 Å². The first-order chi connectivity index (χ1) is 15.7. The van der Waals surface area contributed by atoms with Crippen molar-refractivity contribution in [2.75, 3.05) is 33.9 Å². The number of nitrogens with zero attached hydrogens (tertiary/aromatic N) is 1. The molecular weight excluding hydrogens is 458 g/mol. The maximum absolute atomic E-state index is 12.1. The maximum Gasteiger partial charge on any atom is 0.325 e. The van der Waals surface area contributed by atoms with Crippen molar-refractivity contribution in [2.24, 2.45) is 0 Å². The van der Waals surface area contributed by atoms with Gasteiger partial charge >= 0.3 is 5.97 Å². The highest BCUT2D eigenvalue weighted by Gasteiger charge is 2.17. The molecule has 0 radical (unpaired) electrons. The number of carbonyl (C=O) groups excluding carboxylic acids is 3. The molecule has 0 aliphatic heterocycles. The smallest absolute Gasteiger partial charge is 0.325 e. The first kappa shape index (κ1) is 25.4. The Hall–Kier alpha value is -3.86. The summed E-state index contributed by atoms with van der Waals surface area (Å²) in [5.74, 6) is -0.916. The van der Waals surface area contributed by atoms with E-state index in [0.717, 1.165) is 11.6 Å². The van der Waals surface area contributed by atoms with Gasteiger partial charge in [-0.1, -0.05) is 17.7 Å². The molecule has 2 aromatic rings. The number of amides is 2. The highest BCUT2D eigenvalue weighted by Crippen LogP contribution is 2.27. The zero-order valence-electron chi connectivity index (χ0n) is 17.9. The zero-order chi connectivity index (χ0) is 24.4. The normalized spacial score (nSPS) is 10.2. The van der Waals surface area contributed by atoms with E-state index in [1.807, 2.05) is 6.07 Å². The van der Waals surface area contributed by atoms with Crippen LogP contribution in [-0.2, 0) is 20.7 Å². The topological polar surface area (TPSA) is 146 Å². The van der Waals surface area contributed by atoms with Crippen LogP contribution in [0.1, 0.15) is 15.9 Å². The summed E-state index contributed by atoms with van der Waals surface area (Å²) in [6.07, 6.45) is 0.517. The second-order valence-corrected chi connectivity index (χ2v) is 6.96. The first-order valence-electron chi connectivity index (χ1n) is 9.60. The Morgan fingerprint density at radius 1 is 1.03 bits per heavy atom. The number of hydrogen-bond donors (Lipinski definition) is 2. The van der Waals surface area contributed by atoms with Crippen LogP contribution in [0.2, 0.25) is 5.02 Å². The van der Waals surface area contributed by atoms with Crippen LogP contribution in [0.3, 0.4) is 0 Å². The molecule has 0 unspecified atom stereocenters. The summed E-state index contributed by atoms with van der Waals surface area (Å²) in [5, 5.41) is 15.6. The molecule has 2 amide bonds. The SMILES string of the molecule is COc1ccc(CCNC(=O)COC(=O)CNC(=O)c2ccc(Cl)c([N+](=O)[O-])c2)cc1OC. The lowest BCUT2D eigenvalue weighted by molar-refractivity contribution is -0.384. The Morgan fingerprint density at radius 2 is 1.76 bits per heavy atom. The molecule has 0 aromatic heterocycles. The van der Waals surface area contributed by atoms with Crippen molar-refractivity contribution < 1.29 is 33.5 Å². The second kappa shape index (κ2) is 12.2. The van der Waals surface area contributed by atoms with Crippen LogP contribution >= 0.6 is 11.6 Å². The van der Waals surface area contributed by atoms with E-state index in [4.69, 9.17) is 25.8 Å². The minimum atomic E-state index is -0.846. The molecule has 0 spiro atoms. The fraction of sp³-hybridized carbons (Fsp3) is 0.286. The number of esters is 1. The fourth-order valence-corrected chi connectivity index (χ4v) is 2.87. The molecule has 176 valence electrons. The number of methoxy groups -OCH3 is 2. The van der Waals surface area contributed by atoms with Crippen molar-refractivity contribution in [1.29, 1.82) is 0 Å². The van der Waals surface area contributed by atoms with Crippen LogP contribution in [0.4, 0.5) is 5.69 Å². The average molecular weight is 480 g/mol. The summed E-state index contributed by atoms with van der Waals surface area (Å²) in [6, 6.07) is 8.87. The highest BCUT2D eigenvalue weighted by atomic mass is 35.5. The molecule has 0 atom stereocenters. The molecule has 0 heterocycles. The van der Waals surface area contributed by atoms with E-state index < -0.39 is 41.5 Å². The average Bonchev–Trinajstić information content (AvgIpc) is 2.81. The number of nitro benzene ring substituents is 1. The standard InChI is InChI=1S/C21H22ClN3O8/c1-31-17-6-3-13(9-18(17)32-2)7-8-23-19(26)12-33-20(27)11-24-21(28)14-4-5-15(22)16(10-14)25(29)30/h3-6,9-10H,7-8,11-12H2,1-2H3,(H,23,26)(H,24,28). The molecule has 0 fully saturated rings. The Bertz CT molecular complexity index is 1040. The zero-order valence-corrected chi connectivity index (χ0v) is 18.6. The molecule has 2 aromatic carbocycles. The molecule has 0 aliphatic carbocycles. The predicted octanol–water partition coefficient (Wildman–Crippen LogP) is 1.90. The molecule has 2 rings (SSSR count). The third-order valence-corrected chi connectivity index (χ3v) is 4.67. The Labute approximate surface area is 194 Å². The summed E-state index contributed by atoms with van der Waals surface area (Å²) >= 11 is 5.70. The number of nitrogens with one attached hydrogen (secondary N) is 2. The maximum atomic E-state index is 12.1. The second-order valence-electron chi connectivity index (χ2n) is 6.56. The van der Waals surface area contributed by atoms with Gasteiger partial charge in [0, 0.05) is 18.2 Å². The number of carbonyl (C=O) groups is 3. The lowest BCUT2D eigenvalue weighted by Gasteiger charge is -2.10. The molecule has 11 nitrogen and oxygen atoms in total. The molecule has 0 saturated carbocycles. The molecular formula is C21H22ClN3O8. The Kier molecular flexibility index (Phi) is 9.43. The van der Waals surface area contributed by atoms with Gasteiger partial charge in [-0.25, -0.2) is 0 Å². The summed E-state index contributed by atoms with van der Waals surface area (Å²) in [7, 11) is 3.06. The van der Waals surface area contributed by atoms with Crippen molar-refractivity contribution in [3.05, 3.63) is 62.7 Å². The molecule has 12 heteroatoms. The van der Waals surface area contributed by atoms with Crippen LogP contribution < -0.4 is 20.1 Å². The number of nitro groups is 1. The van der Waals surface area contributed by atoms with E-state index in [0.29, 0.717) is 24.5 Å². The summed E-state index contributed by atoms with van der Waals surface area (Å²) in [6.45, 7) is -0.737. The molecule has 0 bridgehead atoms. The molecule has 0 aliphatic rings. The molecule has 2 N–H and O–H groups in total. The van der Waals surface area contributed by atoms with Gasteiger partial charge in [-0.15, -0.1) is 0 Å². The lowest BCUT2D eigenvalue weighted by Crippen LogP contribution is -2.34. The minimum absolute atomic E-state index is 0.0493. The van der Waals surface area contributed by atoms with Crippen LogP contribution in [-0.4, -0.2) is 56.6 Å². The van der Waals surface area contributed by atoms with E-state index >= 15 is 0 Å². The van der Waals surface area contributed by atoms with E-state index in [1.165, 1.54) is 26.4 Å². The third kappa shape index (κ3) is 7.65. The number of ether oxygens (including phenoxy) is 3. The van der Waals surface area contributed by atoms with Gasteiger partial charge in [-0.05, 0) is 36.2 Å². The van der Waals surface area contributed by atoms with Crippen molar-refractivity contribution in [3.8, 4) is 11.5 Å². The van der Waals surface area contributed by atoms with Gasteiger partial charge in [0.2, 0.25) is 0 Å². The summed E-state index contributed by atoms with van der Waals surface area (Å²) in [4.78, 5) is 45.8. The lowest BCUT2D eigenvalue weighted by atomic mass is 10.1. The fourth-order valence-electron chi connectivity index (χ4n) is 2.68. The number of benzene rings is 2. The summed E-state index contributed by atoms with van der Waals surface area (Å²) in [5.41, 5.74) is 0.429. The highest BCUT2D eigenvalue weighted by molar-refractivity contribution is 6.32. The monoisotopic (exact) mass is 479 g/mol. The van der Waals surface area contributed by atoms with Gasteiger partial charge < -0.3 is 24.8 Å². The van der Waals surface area contributed by atoms with Gasteiger partial charge in [0.1, 0.15) is 11.6 Å². The minimum Gasteiger partial charge on any atom is -0.493 e. The Morgan fingerprint density at radius 3 is 2.42 bits per heavy atom. The van der Waals surface area contributed by atoms with Gasteiger partial charge in [-0.3, -0.25) is 24.5 Å². The molecule has 0 saturated heterocycles. The van der Waals surface area contributed by atoms with E-state index in [-0.39, 0.29) is 10.6 Å². The number of rotatable bonds is 11. The van der Waals surface area contributed by atoms with Gasteiger partial charge in [0.05, 0.1) is 19.1 Å². The van der Waals surface area contributed by atoms with Crippen LogP contribution in [0.15, 0.2) is 36.4 Å². The third-order valence-electron chi connectivity index (χ3n) is 4.35. The quantitative estimate of drug-likeness (QED) is 0.282. The Balaban J connectivity index is 1.72. The van der Waals surface area contributed by atoms with Crippen molar-refractivity contribution in [1.82, 2.24) is 10.6 Å². The van der Waals surface area contributed by atoms with Gasteiger partial charge in [0.25, 0.3) is 17.5 Å². The number of hydrogen-bond acceptors (Lipinski definition) is 8.